The molecule has 1 rings (SSSR count). The van der Waals surface area contributed by atoms with E-state index >= 15 is 0 Å². The van der Waals surface area contributed by atoms with Gasteiger partial charge in [0.05, 0.1) is 6.04 Å². The highest BCUT2D eigenvalue weighted by molar-refractivity contribution is 9.10. The zero-order valence-electron chi connectivity index (χ0n) is 7.96. The highest BCUT2D eigenvalue weighted by Gasteiger charge is 2.10. The van der Waals surface area contributed by atoms with Gasteiger partial charge in [-0.25, -0.2) is 0 Å². The summed E-state index contributed by atoms with van der Waals surface area (Å²) in [6.45, 7) is 1.88. The lowest BCUT2D eigenvalue weighted by Gasteiger charge is -2.09. The van der Waals surface area contributed by atoms with Crippen LogP contribution in [-0.2, 0) is 4.79 Å². The van der Waals surface area contributed by atoms with E-state index in [2.05, 4.69) is 21.2 Å². The average molecular weight is 257 g/mol. The smallest absolute Gasteiger partial charge is 0.241 e. The number of hydrogen-bond acceptors (Lipinski definition) is 2. The Morgan fingerprint density at radius 2 is 2.07 bits per heavy atom. The number of anilines is 1. The van der Waals surface area contributed by atoms with Crippen molar-refractivity contribution in [3.05, 3.63) is 28.7 Å². The largest absolute Gasteiger partial charge is 0.325 e. The molecule has 4 heteroatoms. The van der Waals surface area contributed by atoms with Crippen LogP contribution in [0.1, 0.15) is 13.3 Å². The number of halogens is 1. The van der Waals surface area contributed by atoms with E-state index in [0.717, 1.165) is 10.2 Å². The maximum absolute atomic E-state index is 11.4. The maximum atomic E-state index is 11.4. The summed E-state index contributed by atoms with van der Waals surface area (Å²) in [6.07, 6.45) is 0.641. The fourth-order valence-electron chi connectivity index (χ4n) is 0.954. The first kappa shape index (κ1) is 11.2. The van der Waals surface area contributed by atoms with E-state index in [1.807, 2.05) is 31.2 Å². The van der Waals surface area contributed by atoms with Crippen LogP contribution in [-0.4, -0.2) is 11.9 Å². The van der Waals surface area contributed by atoms with Crippen molar-refractivity contribution in [2.45, 2.75) is 19.4 Å². The van der Waals surface area contributed by atoms with Gasteiger partial charge in [-0.15, -0.1) is 0 Å². The first-order chi connectivity index (χ1) is 6.63. The van der Waals surface area contributed by atoms with Crippen molar-refractivity contribution in [1.82, 2.24) is 0 Å². The summed E-state index contributed by atoms with van der Waals surface area (Å²) in [6, 6.07) is 6.95. The second-order valence-corrected chi connectivity index (χ2v) is 3.93. The summed E-state index contributed by atoms with van der Waals surface area (Å²) in [7, 11) is 0. The number of benzene rings is 1. The van der Waals surface area contributed by atoms with Crippen molar-refractivity contribution >= 4 is 27.5 Å². The molecule has 0 aliphatic carbocycles. The van der Waals surface area contributed by atoms with Crippen molar-refractivity contribution in [2.24, 2.45) is 5.73 Å². The normalized spacial score (nSPS) is 12.2. The van der Waals surface area contributed by atoms with Crippen LogP contribution in [0.25, 0.3) is 0 Å². The molecule has 0 aliphatic heterocycles. The fraction of sp³-hybridized carbons (Fsp3) is 0.300. The van der Waals surface area contributed by atoms with Crippen LogP contribution < -0.4 is 11.1 Å². The summed E-state index contributed by atoms with van der Waals surface area (Å²) in [4.78, 5) is 11.4. The Kier molecular flexibility index (Phi) is 4.10. The number of hydrogen-bond donors (Lipinski definition) is 2. The standard InChI is InChI=1S/C10H13BrN2O/c1-2-9(12)10(14)13-8-5-3-7(11)4-6-8/h3-6,9H,2,12H2,1H3,(H,13,14)/t9-/m1/s1. The molecule has 1 atom stereocenters. The lowest BCUT2D eigenvalue weighted by atomic mass is 10.2. The Hall–Kier alpha value is -0.870. The van der Waals surface area contributed by atoms with E-state index in [1.54, 1.807) is 0 Å². The van der Waals surface area contributed by atoms with Gasteiger partial charge in [-0.2, -0.15) is 0 Å². The van der Waals surface area contributed by atoms with Gasteiger partial charge in [0, 0.05) is 10.2 Å². The number of amides is 1. The van der Waals surface area contributed by atoms with Gasteiger partial charge in [-0.1, -0.05) is 22.9 Å². The summed E-state index contributed by atoms with van der Waals surface area (Å²) < 4.78 is 0.982. The van der Waals surface area contributed by atoms with Crippen LogP contribution >= 0.6 is 15.9 Å². The molecule has 0 heterocycles. The monoisotopic (exact) mass is 256 g/mol. The lowest BCUT2D eigenvalue weighted by Crippen LogP contribution is -2.34. The highest BCUT2D eigenvalue weighted by Crippen LogP contribution is 2.14. The minimum absolute atomic E-state index is 0.144. The van der Waals surface area contributed by atoms with Crippen LogP contribution in [0.2, 0.25) is 0 Å². The van der Waals surface area contributed by atoms with Crippen LogP contribution in [0.3, 0.4) is 0 Å². The molecule has 0 fully saturated rings. The zero-order valence-corrected chi connectivity index (χ0v) is 9.54. The first-order valence-electron chi connectivity index (χ1n) is 4.45. The Morgan fingerprint density at radius 3 is 2.57 bits per heavy atom. The predicted octanol–water partition coefficient (Wildman–Crippen LogP) is 2.12. The van der Waals surface area contributed by atoms with Gasteiger partial charge < -0.3 is 11.1 Å². The minimum atomic E-state index is -0.432. The molecular formula is C10H13BrN2O. The minimum Gasteiger partial charge on any atom is -0.325 e. The van der Waals surface area contributed by atoms with Gasteiger partial charge in [0.2, 0.25) is 5.91 Å². The molecular weight excluding hydrogens is 244 g/mol. The van der Waals surface area contributed by atoms with Crippen LogP contribution in [0.4, 0.5) is 5.69 Å². The Balaban J connectivity index is 2.60. The average Bonchev–Trinajstić information content (AvgIpc) is 2.20. The number of rotatable bonds is 3. The zero-order chi connectivity index (χ0) is 10.6. The molecule has 1 aromatic carbocycles. The molecule has 0 aliphatic rings. The molecule has 0 saturated carbocycles. The van der Waals surface area contributed by atoms with E-state index in [1.165, 1.54) is 0 Å². The highest BCUT2D eigenvalue weighted by atomic mass is 79.9. The fourth-order valence-corrected chi connectivity index (χ4v) is 1.22. The molecule has 76 valence electrons. The topological polar surface area (TPSA) is 55.1 Å². The van der Waals surface area contributed by atoms with Gasteiger partial charge >= 0.3 is 0 Å². The van der Waals surface area contributed by atoms with Gasteiger partial charge in [0.15, 0.2) is 0 Å². The third-order valence-electron chi connectivity index (χ3n) is 1.89. The SMILES string of the molecule is CC[C@@H](N)C(=O)Nc1ccc(Br)cc1. The first-order valence-corrected chi connectivity index (χ1v) is 5.24. The Labute approximate surface area is 91.8 Å². The molecule has 3 nitrogen and oxygen atoms in total. The van der Waals surface area contributed by atoms with Crippen LogP contribution in [0, 0.1) is 0 Å². The second kappa shape index (κ2) is 5.12. The lowest BCUT2D eigenvalue weighted by molar-refractivity contribution is -0.117. The van der Waals surface area contributed by atoms with E-state index in [9.17, 15) is 4.79 Å². The van der Waals surface area contributed by atoms with E-state index in [-0.39, 0.29) is 5.91 Å². The van der Waals surface area contributed by atoms with Crippen molar-refractivity contribution in [2.75, 3.05) is 5.32 Å². The van der Waals surface area contributed by atoms with Gasteiger partial charge in [-0.3, -0.25) is 4.79 Å². The molecule has 0 aromatic heterocycles. The second-order valence-electron chi connectivity index (χ2n) is 3.01. The van der Waals surface area contributed by atoms with E-state index in [4.69, 9.17) is 5.73 Å². The number of carbonyl (C=O) groups excluding carboxylic acids is 1. The molecule has 1 aromatic rings. The molecule has 3 N–H and O–H groups in total. The van der Waals surface area contributed by atoms with E-state index in [0.29, 0.717) is 6.42 Å². The van der Waals surface area contributed by atoms with Crippen molar-refractivity contribution in [3.63, 3.8) is 0 Å². The van der Waals surface area contributed by atoms with Crippen molar-refractivity contribution < 1.29 is 4.79 Å². The molecule has 0 spiro atoms. The molecule has 0 saturated heterocycles. The van der Waals surface area contributed by atoms with Crippen LogP contribution in [0.15, 0.2) is 28.7 Å². The van der Waals surface area contributed by atoms with Crippen molar-refractivity contribution in [3.8, 4) is 0 Å². The van der Waals surface area contributed by atoms with E-state index < -0.39 is 6.04 Å². The molecule has 0 radical (unpaired) electrons. The molecule has 0 bridgehead atoms. The summed E-state index contributed by atoms with van der Waals surface area (Å²) in [5.74, 6) is -0.144. The molecule has 1 amide bonds. The molecule has 14 heavy (non-hydrogen) atoms. The summed E-state index contributed by atoms with van der Waals surface area (Å²) in [5, 5.41) is 2.74. The van der Waals surface area contributed by atoms with Crippen LogP contribution in [0.5, 0.6) is 0 Å². The Morgan fingerprint density at radius 1 is 1.50 bits per heavy atom. The third kappa shape index (κ3) is 3.12. The van der Waals surface area contributed by atoms with Gasteiger partial charge in [-0.05, 0) is 30.7 Å². The van der Waals surface area contributed by atoms with Gasteiger partial charge in [0.1, 0.15) is 0 Å². The molecule has 0 unspecified atom stereocenters. The number of carbonyl (C=O) groups is 1. The van der Waals surface area contributed by atoms with Crippen molar-refractivity contribution in [1.29, 1.82) is 0 Å². The number of nitrogens with one attached hydrogen (secondary N) is 1. The maximum Gasteiger partial charge on any atom is 0.241 e. The number of nitrogens with two attached hydrogens (primary N) is 1. The third-order valence-corrected chi connectivity index (χ3v) is 2.42. The Bertz CT molecular complexity index is 310. The van der Waals surface area contributed by atoms with Gasteiger partial charge in [0.25, 0.3) is 0 Å². The predicted molar refractivity (Wildman–Crippen MR) is 61.0 cm³/mol. The summed E-state index contributed by atoms with van der Waals surface area (Å²) in [5.41, 5.74) is 6.34. The summed E-state index contributed by atoms with van der Waals surface area (Å²) >= 11 is 3.32. The quantitative estimate of drug-likeness (QED) is 0.871.